The molecule has 118 valence electrons. The second-order valence-corrected chi connectivity index (χ2v) is 6.09. The van der Waals surface area contributed by atoms with Crippen molar-refractivity contribution in [3.8, 4) is 0 Å². The van der Waals surface area contributed by atoms with E-state index in [-0.39, 0.29) is 17.2 Å². The number of nitro benzene ring substituents is 1. The number of nitrogens with zero attached hydrogens (tertiary/aromatic N) is 2. The number of hydrogen-bond donors (Lipinski definition) is 0. The zero-order valence-corrected chi connectivity index (χ0v) is 13.2. The summed E-state index contributed by atoms with van der Waals surface area (Å²) in [6, 6.07) is 3.70. The van der Waals surface area contributed by atoms with Gasteiger partial charge in [-0.1, -0.05) is 19.9 Å². The molecule has 0 amide bonds. The van der Waals surface area contributed by atoms with E-state index in [2.05, 4.69) is 0 Å². The third-order valence-electron chi connectivity index (χ3n) is 3.19. The minimum absolute atomic E-state index is 0.0200. The van der Waals surface area contributed by atoms with Crippen molar-refractivity contribution in [1.82, 2.24) is 4.90 Å². The Kier molecular flexibility index (Phi) is 6.25. The first kappa shape index (κ1) is 17.5. The molecule has 0 heterocycles. The van der Waals surface area contributed by atoms with Gasteiger partial charge in [-0.3, -0.25) is 14.3 Å². The van der Waals surface area contributed by atoms with Crippen LogP contribution in [0.3, 0.4) is 0 Å². The Balaban J connectivity index is 2.87. The Labute approximate surface area is 124 Å². The lowest BCUT2D eigenvalue weighted by molar-refractivity contribution is -0.385. The lowest BCUT2D eigenvalue weighted by Crippen LogP contribution is -2.28. The summed E-state index contributed by atoms with van der Waals surface area (Å²) in [5.74, 6) is 0. The molecular weight excluding hydrogens is 296 g/mol. The Morgan fingerprint density at radius 1 is 1.29 bits per heavy atom. The molecule has 8 heteroatoms. The van der Waals surface area contributed by atoms with Gasteiger partial charge < -0.3 is 4.90 Å². The topological polar surface area (TPSA) is 89.8 Å². The molecule has 0 aromatic heterocycles. The van der Waals surface area contributed by atoms with Crippen molar-refractivity contribution in [2.75, 3.05) is 26.2 Å². The van der Waals surface area contributed by atoms with Crippen LogP contribution in [-0.2, 0) is 14.3 Å². The van der Waals surface area contributed by atoms with Crippen LogP contribution < -0.4 is 0 Å². The zero-order chi connectivity index (χ0) is 16.0. The fraction of sp³-hybridized carbons (Fsp3) is 0.538. The highest BCUT2D eigenvalue weighted by Crippen LogP contribution is 2.23. The van der Waals surface area contributed by atoms with Crippen LogP contribution in [0.15, 0.2) is 23.1 Å². The van der Waals surface area contributed by atoms with Crippen LogP contribution in [0.1, 0.15) is 19.4 Å². The average molecular weight is 316 g/mol. The number of non-ortho nitro benzene ring substituents is 1. The first-order valence-corrected chi connectivity index (χ1v) is 8.09. The van der Waals surface area contributed by atoms with Gasteiger partial charge in [0, 0.05) is 18.7 Å². The minimum atomic E-state index is -3.99. The molecule has 21 heavy (non-hydrogen) atoms. The lowest BCUT2D eigenvalue weighted by atomic mass is 10.2. The third kappa shape index (κ3) is 4.76. The summed E-state index contributed by atoms with van der Waals surface area (Å²) >= 11 is 0. The van der Waals surface area contributed by atoms with E-state index >= 15 is 0 Å². The lowest BCUT2D eigenvalue weighted by Gasteiger charge is -2.17. The van der Waals surface area contributed by atoms with Crippen LogP contribution in [0.25, 0.3) is 0 Å². The summed E-state index contributed by atoms with van der Waals surface area (Å²) in [4.78, 5) is 12.0. The molecule has 0 bridgehead atoms. The summed E-state index contributed by atoms with van der Waals surface area (Å²) in [6.07, 6.45) is 0. The van der Waals surface area contributed by atoms with E-state index in [0.29, 0.717) is 12.1 Å². The maximum Gasteiger partial charge on any atom is 0.297 e. The van der Waals surface area contributed by atoms with Crippen molar-refractivity contribution < 1.29 is 17.5 Å². The maximum atomic E-state index is 12.1. The summed E-state index contributed by atoms with van der Waals surface area (Å²) in [5, 5.41) is 10.7. The molecule has 0 unspecified atom stereocenters. The summed E-state index contributed by atoms with van der Waals surface area (Å²) < 4.78 is 29.2. The molecule has 0 aliphatic rings. The van der Waals surface area contributed by atoms with E-state index in [0.717, 1.165) is 19.2 Å². The van der Waals surface area contributed by atoms with E-state index in [4.69, 9.17) is 4.18 Å². The van der Waals surface area contributed by atoms with E-state index in [9.17, 15) is 18.5 Å². The number of nitro groups is 1. The number of benzene rings is 1. The summed E-state index contributed by atoms with van der Waals surface area (Å²) in [7, 11) is -3.99. The predicted molar refractivity (Wildman–Crippen MR) is 78.8 cm³/mol. The van der Waals surface area contributed by atoms with Gasteiger partial charge in [0.15, 0.2) is 0 Å². The van der Waals surface area contributed by atoms with Crippen molar-refractivity contribution in [3.05, 3.63) is 33.9 Å². The highest BCUT2D eigenvalue weighted by atomic mass is 32.2. The molecule has 1 aromatic carbocycles. The van der Waals surface area contributed by atoms with Gasteiger partial charge in [-0.25, -0.2) is 0 Å². The second kappa shape index (κ2) is 7.48. The smallest absolute Gasteiger partial charge is 0.297 e. The van der Waals surface area contributed by atoms with Gasteiger partial charge in [-0.15, -0.1) is 0 Å². The van der Waals surface area contributed by atoms with E-state index in [1.165, 1.54) is 12.1 Å². The molecule has 0 aliphatic heterocycles. The molecule has 0 aliphatic carbocycles. The van der Waals surface area contributed by atoms with E-state index < -0.39 is 15.0 Å². The van der Waals surface area contributed by atoms with Gasteiger partial charge in [0.1, 0.15) is 4.90 Å². The molecule has 1 aromatic rings. The van der Waals surface area contributed by atoms with Crippen LogP contribution in [-0.4, -0.2) is 44.5 Å². The summed E-state index contributed by atoms with van der Waals surface area (Å²) in [6.45, 7) is 7.63. The van der Waals surface area contributed by atoms with Gasteiger partial charge in [-0.2, -0.15) is 8.42 Å². The number of aryl methyl sites for hydroxylation is 1. The predicted octanol–water partition coefficient (Wildman–Crippen LogP) is 1.95. The molecule has 0 radical (unpaired) electrons. The molecular formula is C13H20N2O5S. The zero-order valence-electron chi connectivity index (χ0n) is 12.4. The molecule has 1 rings (SSSR count). The molecule has 0 N–H and O–H groups in total. The Morgan fingerprint density at radius 2 is 1.90 bits per heavy atom. The first-order valence-electron chi connectivity index (χ1n) is 6.68. The van der Waals surface area contributed by atoms with Crippen molar-refractivity contribution >= 4 is 15.8 Å². The Hall–Kier alpha value is -1.51. The van der Waals surface area contributed by atoms with Crippen LogP contribution in [0, 0.1) is 17.0 Å². The second-order valence-electron chi connectivity index (χ2n) is 4.51. The third-order valence-corrected chi connectivity index (χ3v) is 4.65. The van der Waals surface area contributed by atoms with Crippen molar-refractivity contribution in [2.45, 2.75) is 25.7 Å². The van der Waals surface area contributed by atoms with Gasteiger partial charge >= 0.3 is 0 Å². The minimum Gasteiger partial charge on any atom is -0.302 e. The van der Waals surface area contributed by atoms with Crippen LogP contribution in [0.4, 0.5) is 5.69 Å². The monoisotopic (exact) mass is 316 g/mol. The van der Waals surface area contributed by atoms with Gasteiger partial charge in [0.05, 0.1) is 11.5 Å². The van der Waals surface area contributed by atoms with Crippen LogP contribution in [0.2, 0.25) is 0 Å². The first-order chi connectivity index (χ1) is 9.81. The quantitative estimate of drug-likeness (QED) is 0.414. The van der Waals surface area contributed by atoms with Crippen molar-refractivity contribution in [2.24, 2.45) is 0 Å². The SMILES string of the molecule is CCN(CC)CCOS(=O)(=O)c1cc([N+](=O)[O-])ccc1C. The number of hydrogen-bond acceptors (Lipinski definition) is 6. The molecule has 0 saturated heterocycles. The molecule has 0 atom stereocenters. The van der Waals surface area contributed by atoms with E-state index in [1.807, 2.05) is 18.7 Å². The molecule has 0 fully saturated rings. The van der Waals surface area contributed by atoms with Gasteiger partial charge in [-0.05, 0) is 25.6 Å². The highest BCUT2D eigenvalue weighted by molar-refractivity contribution is 7.86. The van der Waals surface area contributed by atoms with E-state index in [1.54, 1.807) is 6.92 Å². The Bertz CT molecular complexity index is 597. The maximum absolute atomic E-state index is 12.1. The standard InChI is InChI=1S/C13H20N2O5S/c1-4-14(5-2)8-9-20-21(18,19)13-10-12(15(16)17)7-6-11(13)3/h6-7,10H,4-5,8-9H2,1-3H3. The number of likely N-dealkylation sites (N-methyl/N-ethyl adjacent to an activating group) is 1. The number of rotatable bonds is 8. The van der Waals surface area contributed by atoms with Crippen LogP contribution in [0.5, 0.6) is 0 Å². The fourth-order valence-electron chi connectivity index (χ4n) is 1.85. The Morgan fingerprint density at radius 3 is 2.43 bits per heavy atom. The molecule has 0 saturated carbocycles. The molecule has 0 spiro atoms. The van der Waals surface area contributed by atoms with Crippen LogP contribution >= 0.6 is 0 Å². The highest BCUT2D eigenvalue weighted by Gasteiger charge is 2.21. The van der Waals surface area contributed by atoms with Gasteiger partial charge in [0.2, 0.25) is 0 Å². The molecule has 7 nitrogen and oxygen atoms in total. The van der Waals surface area contributed by atoms with Crippen molar-refractivity contribution in [1.29, 1.82) is 0 Å². The van der Waals surface area contributed by atoms with Gasteiger partial charge in [0.25, 0.3) is 15.8 Å². The summed E-state index contributed by atoms with van der Waals surface area (Å²) in [5.41, 5.74) is 0.148. The fourth-order valence-corrected chi connectivity index (χ4v) is 3.00. The normalized spacial score (nSPS) is 11.8. The largest absolute Gasteiger partial charge is 0.302 e. The average Bonchev–Trinajstić information content (AvgIpc) is 2.43. The van der Waals surface area contributed by atoms with Crippen molar-refractivity contribution in [3.63, 3.8) is 0 Å².